The molecule has 1 atom stereocenters. The molecule has 0 saturated carbocycles. The minimum Gasteiger partial charge on any atom is -0.388 e. The van der Waals surface area contributed by atoms with Crippen LogP contribution >= 0.6 is 0 Å². The number of methoxy groups -OCH3 is 1. The molecule has 14 heavy (non-hydrogen) atoms. The van der Waals surface area contributed by atoms with Gasteiger partial charge in [-0.2, -0.15) is 0 Å². The van der Waals surface area contributed by atoms with Gasteiger partial charge < -0.3 is 15.4 Å². The lowest BCUT2D eigenvalue weighted by atomic mass is 10.0. The summed E-state index contributed by atoms with van der Waals surface area (Å²) in [6, 6.07) is 0.394. The summed E-state index contributed by atoms with van der Waals surface area (Å²) >= 11 is 0. The lowest BCUT2D eigenvalue weighted by Crippen LogP contribution is -2.43. The molecule has 0 aromatic carbocycles. The van der Waals surface area contributed by atoms with Crippen LogP contribution in [0.2, 0.25) is 0 Å². The summed E-state index contributed by atoms with van der Waals surface area (Å²) in [5, 5.41) is 7.25. The zero-order chi connectivity index (χ0) is 10.6. The van der Waals surface area contributed by atoms with Crippen molar-refractivity contribution in [1.82, 2.24) is 4.90 Å². The number of hydrogen-bond donors (Lipinski definition) is 2. The van der Waals surface area contributed by atoms with E-state index in [-0.39, 0.29) is 5.84 Å². The number of hydrogen-bond acceptors (Lipinski definition) is 3. The summed E-state index contributed by atoms with van der Waals surface area (Å²) in [5.41, 5.74) is 5.39. The molecule has 1 aliphatic rings. The van der Waals surface area contributed by atoms with Crippen LogP contribution in [-0.2, 0) is 4.74 Å². The highest BCUT2D eigenvalue weighted by atomic mass is 16.5. The topological polar surface area (TPSA) is 62.3 Å². The fourth-order valence-corrected chi connectivity index (χ4v) is 2.00. The van der Waals surface area contributed by atoms with Crippen LogP contribution in [0.25, 0.3) is 0 Å². The fraction of sp³-hybridized carbons (Fsp3) is 0.900. The first-order chi connectivity index (χ1) is 6.63. The molecule has 1 rings (SSSR count). The van der Waals surface area contributed by atoms with Crippen LogP contribution in [0.3, 0.4) is 0 Å². The summed E-state index contributed by atoms with van der Waals surface area (Å²) < 4.78 is 5.31. The van der Waals surface area contributed by atoms with Crippen molar-refractivity contribution in [3.63, 3.8) is 0 Å². The Morgan fingerprint density at radius 2 is 2.14 bits per heavy atom. The molecule has 1 heterocycles. The van der Waals surface area contributed by atoms with E-state index in [9.17, 15) is 0 Å². The summed E-state index contributed by atoms with van der Waals surface area (Å²) in [4.78, 5) is 2.39. The molecule has 0 aliphatic carbocycles. The second kappa shape index (κ2) is 5.32. The molecule has 4 heteroatoms. The fourth-order valence-electron chi connectivity index (χ4n) is 2.00. The monoisotopic (exact) mass is 199 g/mol. The van der Waals surface area contributed by atoms with E-state index < -0.39 is 0 Å². The van der Waals surface area contributed by atoms with E-state index in [0.29, 0.717) is 18.6 Å². The van der Waals surface area contributed by atoms with Crippen LogP contribution < -0.4 is 5.73 Å². The number of likely N-dealkylation sites (tertiary alicyclic amines) is 1. The number of amidine groups is 1. The number of nitrogens with zero attached hydrogens (tertiary/aromatic N) is 1. The Labute approximate surface area is 85.9 Å². The van der Waals surface area contributed by atoms with Crippen molar-refractivity contribution >= 4 is 5.84 Å². The van der Waals surface area contributed by atoms with E-state index in [1.54, 1.807) is 7.11 Å². The molecule has 0 bridgehead atoms. The molecule has 1 fully saturated rings. The molecule has 0 amide bonds. The van der Waals surface area contributed by atoms with Gasteiger partial charge in [0.05, 0.1) is 11.9 Å². The van der Waals surface area contributed by atoms with Gasteiger partial charge in [-0.25, -0.2) is 0 Å². The van der Waals surface area contributed by atoms with Crippen molar-refractivity contribution in [2.24, 2.45) is 5.73 Å². The highest BCUT2D eigenvalue weighted by Crippen LogP contribution is 2.16. The third-order valence-electron chi connectivity index (χ3n) is 2.95. The highest BCUT2D eigenvalue weighted by Gasteiger charge is 2.22. The minimum atomic E-state index is 0.284. The zero-order valence-corrected chi connectivity index (χ0v) is 9.12. The van der Waals surface area contributed by atoms with Gasteiger partial charge in [-0.3, -0.25) is 5.41 Å². The standard InChI is InChI=1S/C10H21N3O/c1-8(7-10(11)12)13-5-3-9(14-2)4-6-13/h8-9H,3-7H2,1-2H3,(H3,11,12). The first-order valence-corrected chi connectivity index (χ1v) is 5.23. The van der Waals surface area contributed by atoms with Crippen molar-refractivity contribution in [2.45, 2.75) is 38.3 Å². The van der Waals surface area contributed by atoms with Crippen molar-refractivity contribution in [3.05, 3.63) is 0 Å². The van der Waals surface area contributed by atoms with Gasteiger partial charge in [0.15, 0.2) is 0 Å². The predicted octanol–water partition coefficient (Wildman–Crippen LogP) is 0.812. The van der Waals surface area contributed by atoms with Gasteiger partial charge in [0, 0.05) is 32.7 Å². The number of ether oxygens (including phenoxy) is 1. The van der Waals surface area contributed by atoms with Crippen LogP contribution in [-0.4, -0.2) is 43.1 Å². The number of nitrogens with one attached hydrogen (secondary N) is 1. The van der Waals surface area contributed by atoms with Crippen LogP contribution in [0.5, 0.6) is 0 Å². The lowest BCUT2D eigenvalue weighted by Gasteiger charge is -2.35. The third-order valence-corrected chi connectivity index (χ3v) is 2.95. The van der Waals surface area contributed by atoms with Crippen LogP contribution in [0, 0.1) is 5.41 Å². The molecule has 0 radical (unpaired) electrons. The minimum absolute atomic E-state index is 0.284. The molecule has 82 valence electrons. The quantitative estimate of drug-likeness (QED) is 0.520. The maximum atomic E-state index is 7.25. The highest BCUT2D eigenvalue weighted by molar-refractivity contribution is 5.77. The molecule has 4 nitrogen and oxygen atoms in total. The first-order valence-electron chi connectivity index (χ1n) is 5.23. The molecule has 1 saturated heterocycles. The van der Waals surface area contributed by atoms with Crippen LogP contribution in [0.4, 0.5) is 0 Å². The number of rotatable bonds is 4. The maximum Gasteiger partial charge on any atom is 0.0920 e. The van der Waals surface area contributed by atoms with Crippen molar-refractivity contribution < 1.29 is 4.74 Å². The Hall–Kier alpha value is -0.610. The van der Waals surface area contributed by atoms with Gasteiger partial charge in [0.1, 0.15) is 0 Å². The SMILES string of the molecule is COC1CCN(C(C)CC(=N)N)CC1. The average Bonchev–Trinajstić information content (AvgIpc) is 2.17. The Balaban J connectivity index is 2.30. The van der Waals surface area contributed by atoms with Crippen LogP contribution in [0.15, 0.2) is 0 Å². The van der Waals surface area contributed by atoms with E-state index in [2.05, 4.69) is 11.8 Å². The Bertz CT molecular complexity index is 188. The Morgan fingerprint density at radius 1 is 1.57 bits per heavy atom. The smallest absolute Gasteiger partial charge is 0.0920 e. The summed E-state index contributed by atoms with van der Waals surface area (Å²) in [6.07, 6.45) is 3.30. The molecule has 1 aliphatic heterocycles. The third kappa shape index (κ3) is 3.27. The zero-order valence-electron chi connectivity index (χ0n) is 9.12. The Kier molecular flexibility index (Phi) is 4.35. The molecular weight excluding hydrogens is 178 g/mol. The lowest BCUT2D eigenvalue weighted by molar-refractivity contribution is 0.0306. The van der Waals surface area contributed by atoms with Crippen molar-refractivity contribution in [1.29, 1.82) is 5.41 Å². The predicted molar refractivity (Wildman–Crippen MR) is 57.6 cm³/mol. The summed E-state index contributed by atoms with van der Waals surface area (Å²) in [6.45, 7) is 4.26. The average molecular weight is 199 g/mol. The first kappa shape index (κ1) is 11.5. The van der Waals surface area contributed by atoms with Gasteiger partial charge in [0.25, 0.3) is 0 Å². The molecule has 0 spiro atoms. The molecule has 0 aromatic rings. The van der Waals surface area contributed by atoms with Gasteiger partial charge in [-0.05, 0) is 19.8 Å². The van der Waals surface area contributed by atoms with E-state index in [0.717, 1.165) is 25.9 Å². The van der Waals surface area contributed by atoms with Crippen LogP contribution in [0.1, 0.15) is 26.2 Å². The number of piperidine rings is 1. The van der Waals surface area contributed by atoms with Gasteiger partial charge in [-0.1, -0.05) is 0 Å². The molecule has 1 unspecified atom stereocenters. The van der Waals surface area contributed by atoms with Crippen molar-refractivity contribution in [2.75, 3.05) is 20.2 Å². The van der Waals surface area contributed by atoms with Crippen molar-refractivity contribution in [3.8, 4) is 0 Å². The normalized spacial score (nSPS) is 22.1. The molecule has 3 N–H and O–H groups in total. The van der Waals surface area contributed by atoms with E-state index >= 15 is 0 Å². The van der Waals surface area contributed by atoms with Gasteiger partial charge in [-0.15, -0.1) is 0 Å². The summed E-state index contributed by atoms with van der Waals surface area (Å²) in [7, 11) is 1.78. The Morgan fingerprint density at radius 3 is 2.57 bits per heavy atom. The van der Waals surface area contributed by atoms with E-state index in [1.165, 1.54) is 0 Å². The molecule has 0 aromatic heterocycles. The maximum absolute atomic E-state index is 7.25. The van der Waals surface area contributed by atoms with Gasteiger partial charge >= 0.3 is 0 Å². The largest absolute Gasteiger partial charge is 0.388 e. The van der Waals surface area contributed by atoms with Gasteiger partial charge in [0.2, 0.25) is 0 Å². The summed E-state index contributed by atoms with van der Waals surface area (Å²) in [5.74, 6) is 0.284. The second-order valence-corrected chi connectivity index (χ2v) is 4.05. The molecular formula is C10H21N3O. The second-order valence-electron chi connectivity index (χ2n) is 4.05. The number of nitrogens with two attached hydrogens (primary N) is 1. The van der Waals surface area contributed by atoms with E-state index in [4.69, 9.17) is 15.9 Å². The van der Waals surface area contributed by atoms with E-state index in [1.807, 2.05) is 0 Å².